The molecular weight excluding hydrogens is 466 g/mol. The number of hydrogen-bond acceptors (Lipinski definition) is 2. The molecule has 4 aliphatic rings. The van der Waals surface area contributed by atoms with Crippen LogP contribution >= 0.6 is 11.6 Å². The van der Waals surface area contributed by atoms with Gasteiger partial charge in [-0.1, -0.05) is 95.6 Å². The minimum Gasteiger partial charge on any atom is -0.274 e. The lowest BCUT2D eigenvalue weighted by Crippen LogP contribution is -2.42. The Morgan fingerprint density at radius 3 is 1.53 bits per heavy atom. The number of amides is 2. The van der Waals surface area contributed by atoms with E-state index in [1.807, 2.05) is 0 Å². The lowest BCUT2D eigenvalue weighted by molar-refractivity contribution is -0.122. The van der Waals surface area contributed by atoms with Gasteiger partial charge in [-0.3, -0.25) is 9.59 Å². The Bertz CT molecular complexity index is 1350. The summed E-state index contributed by atoms with van der Waals surface area (Å²) in [6.45, 7) is 13.3. The highest BCUT2D eigenvalue weighted by Gasteiger charge is 2.62. The summed E-state index contributed by atoms with van der Waals surface area (Å²) >= 11 is 6.26. The summed E-state index contributed by atoms with van der Waals surface area (Å²) < 4.78 is 0. The second-order valence-corrected chi connectivity index (χ2v) is 13.1. The van der Waals surface area contributed by atoms with Crippen molar-refractivity contribution in [3.63, 3.8) is 0 Å². The molecule has 1 saturated heterocycles. The SMILES string of the molecule is CC(C)(C)c1ccc2c(c1)[C@@H]1c3ccc(C(C)(C)C)cc3[C@H]2[C@@H]2C(=O)N(c3cccc(Cl)c3)C(=O)[C@H]12. The van der Waals surface area contributed by atoms with E-state index in [0.717, 1.165) is 0 Å². The molecule has 3 aromatic carbocycles. The van der Waals surface area contributed by atoms with E-state index in [9.17, 15) is 9.59 Å². The Hall–Kier alpha value is -2.91. The van der Waals surface area contributed by atoms with Crippen molar-refractivity contribution in [2.24, 2.45) is 11.8 Å². The molecule has 7 rings (SSSR count). The Morgan fingerprint density at radius 2 is 1.11 bits per heavy atom. The fraction of sp³-hybridized carbons (Fsp3) is 0.375. The first-order valence-electron chi connectivity index (χ1n) is 12.8. The van der Waals surface area contributed by atoms with E-state index in [1.54, 1.807) is 24.3 Å². The summed E-state index contributed by atoms with van der Waals surface area (Å²) in [7, 11) is 0. The van der Waals surface area contributed by atoms with E-state index >= 15 is 0 Å². The van der Waals surface area contributed by atoms with Crippen LogP contribution in [-0.2, 0) is 20.4 Å². The third-order valence-corrected chi connectivity index (χ3v) is 8.66. The zero-order chi connectivity index (χ0) is 25.7. The number of carbonyl (C=O) groups is 2. The summed E-state index contributed by atoms with van der Waals surface area (Å²) in [6, 6.07) is 20.5. The first-order chi connectivity index (χ1) is 16.9. The highest BCUT2D eigenvalue weighted by molar-refractivity contribution is 6.31. The van der Waals surface area contributed by atoms with Crippen molar-refractivity contribution >= 4 is 29.1 Å². The number of benzene rings is 3. The zero-order valence-corrected chi connectivity index (χ0v) is 22.5. The molecule has 3 aliphatic carbocycles. The van der Waals surface area contributed by atoms with Crippen LogP contribution in [0.5, 0.6) is 0 Å². The molecule has 4 atom stereocenters. The van der Waals surface area contributed by atoms with E-state index in [0.29, 0.717) is 10.7 Å². The van der Waals surface area contributed by atoms with Gasteiger partial charge in [0.1, 0.15) is 0 Å². The van der Waals surface area contributed by atoms with Crippen molar-refractivity contribution < 1.29 is 9.59 Å². The summed E-state index contributed by atoms with van der Waals surface area (Å²) in [4.78, 5) is 29.5. The predicted molar refractivity (Wildman–Crippen MR) is 145 cm³/mol. The second kappa shape index (κ2) is 7.55. The minimum absolute atomic E-state index is 0.00757. The molecular formula is C32H32ClNO2. The maximum absolute atomic E-state index is 14.0. The maximum atomic E-state index is 14.0. The fourth-order valence-corrected chi connectivity index (χ4v) is 6.76. The number of nitrogens with zero attached hydrogens (tertiary/aromatic N) is 1. The van der Waals surface area contributed by atoms with Gasteiger partial charge in [0.15, 0.2) is 0 Å². The molecule has 0 radical (unpaired) electrons. The standard InChI is InChI=1S/C32H32ClNO2/c1-31(2,3)17-10-12-21-23(14-17)25-22-13-11-18(32(4,5)6)15-24(22)26(21)28-27(25)29(35)34(30(28)36)20-9-7-8-19(33)16-20/h7-16,25-28H,1-6H3/t25-,26-,27-,28+/m0/s1. The van der Waals surface area contributed by atoms with Gasteiger partial charge < -0.3 is 0 Å². The van der Waals surface area contributed by atoms with Crippen molar-refractivity contribution in [3.05, 3.63) is 99.1 Å². The van der Waals surface area contributed by atoms with E-state index in [1.165, 1.54) is 38.3 Å². The van der Waals surface area contributed by atoms with Gasteiger partial charge in [0.25, 0.3) is 0 Å². The molecule has 1 aliphatic heterocycles. The third kappa shape index (κ3) is 3.25. The molecule has 4 heteroatoms. The van der Waals surface area contributed by atoms with E-state index in [4.69, 9.17) is 11.6 Å². The Morgan fingerprint density at radius 1 is 0.639 bits per heavy atom. The highest BCUT2D eigenvalue weighted by atomic mass is 35.5. The molecule has 1 heterocycles. The van der Waals surface area contributed by atoms with Crippen molar-refractivity contribution in [1.82, 2.24) is 0 Å². The first-order valence-corrected chi connectivity index (χ1v) is 13.2. The molecule has 184 valence electrons. The molecule has 36 heavy (non-hydrogen) atoms. The van der Waals surface area contributed by atoms with Crippen molar-refractivity contribution in [3.8, 4) is 0 Å². The van der Waals surface area contributed by atoms with Gasteiger partial charge in [0.05, 0.1) is 17.5 Å². The molecule has 0 saturated carbocycles. The third-order valence-electron chi connectivity index (χ3n) is 8.43. The number of rotatable bonds is 1. The van der Waals surface area contributed by atoms with Gasteiger partial charge in [-0.05, 0) is 62.4 Å². The van der Waals surface area contributed by atoms with Crippen LogP contribution in [0.1, 0.15) is 86.8 Å². The summed E-state index contributed by atoms with van der Waals surface area (Å²) in [6.07, 6.45) is 0. The van der Waals surface area contributed by atoms with E-state index in [-0.39, 0.29) is 34.5 Å². The van der Waals surface area contributed by atoms with Gasteiger partial charge in [0, 0.05) is 16.9 Å². The second-order valence-electron chi connectivity index (χ2n) is 12.7. The molecule has 0 aromatic heterocycles. The largest absolute Gasteiger partial charge is 0.274 e. The van der Waals surface area contributed by atoms with Crippen LogP contribution in [0.15, 0.2) is 60.7 Å². The average molecular weight is 498 g/mol. The molecule has 3 nitrogen and oxygen atoms in total. The molecule has 3 aromatic rings. The topological polar surface area (TPSA) is 37.4 Å². The molecule has 1 fully saturated rings. The number of anilines is 1. The van der Waals surface area contributed by atoms with Crippen molar-refractivity contribution in [1.29, 1.82) is 0 Å². The summed E-state index contributed by atoms with van der Waals surface area (Å²) in [5.74, 6) is -1.31. The highest BCUT2D eigenvalue weighted by Crippen LogP contribution is 2.62. The van der Waals surface area contributed by atoms with E-state index in [2.05, 4.69) is 77.9 Å². The Kier molecular flexibility index (Phi) is 4.93. The van der Waals surface area contributed by atoms with E-state index < -0.39 is 11.8 Å². The number of hydrogen-bond donors (Lipinski definition) is 0. The lowest BCUT2D eigenvalue weighted by Gasteiger charge is -2.47. The monoisotopic (exact) mass is 497 g/mol. The summed E-state index contributed by atoms with van der Waals surface area (Å²) in [5, 5.41) is 0.516. The van der Waals surface area contributed by atoms with Crippen LogP contribution in [-0.4, -0.2) is 11.8 Å². The smallest absolute Gasteiger partial charge is 0.238 e. The van der Waals surface area contributed by atoms with Crippen LogP contribution in [0, 0.1) is 11.8 Å². The summed E-state index contributed by atoms with van der Waals surface area (Å²) in [5.41, 5.74) is 7.86. The molecule has 2 bridgehead atoms. The van der Waals surface area contributed by atoms with Gasteiger partial charge in [-0.2, -0.15) is 0 Å². The number of halogens is 1. The van der Waals surface area contributed by atoms with Gasteiger partial charge in [0.2, 0.25) is 11.8 Å². The first kappa shape index (κ1) is 23.5. The molecule has 0 unspecified atom stereocenters. The number of imide groups is 1. The van der Waals surface area contributed by atoms with Gasteiger partial charge in [-0.25, -0.2) is 4.90 Å². The van der Waals surface area contributed by atoms with Crippen molar-refractivity contribution in [2.75, 3.05) is 4.90 Å². The zero-order valence-electron chi connectivity index (χ0n) is 21.7. The lowest BCUT2D eigenvalue weighted by atomic mass is 9.54. The predicted octanol–water partition coefficient (Wildman–Crippen LogP) is 7.33. The van der Waals surface area contributed by atoms with Crippen LogP contribution in [0.3, 0.4) is 0 Å². The molecule has 0 N–H and O–H groups in total. The molecule has 2 amide bonds. The average Bonchev–Trinajstić information content (AvgIpc) is 3.07. The van der Waals surface area contributed by atoms with Gasteiger partial charge >= 0.3 is 0 Å². The van der Waals surface area contributed by atoms with Crippen LogP contribution in [0.25, 0.3) is 0 Å². The quantitative estimate of drug-likeness (QED) is 0.330. The van der Waals surface area contributed by atoms with Gasteiger partial charge in [-0.15, -0.1) is 0 Å². The minimum atomic E-state index is -0.405. The van der Waals surface area contributed by atoms with Crippen LogP contribution in [0.2, 0.25) is 5.02 Å². The maximum Gasteiger partial charge on any atom is 0.238 e. The Balaban J connectivity index is 1.58. The fourth-order valence-electron chi connectivity index (χ4n) is 6.58. The molecule has 0 spiro atoms. The van der Waals surface area contributed by atoms with Crippen LogP contribution in [0.4, 0.5) is 5.69 Å². The van der Waals surface area contributed by atoms with Crippen molar-refractivity contribution in [2.45, 2.75) is 64.2 Å². The normalized spacial score (nSPS) is 24.6. The number of carbonyl (C=O) groups excluding carboxylic acids is 2. The van der Waals surface area contributed by atoms with Crippen LogP contribution < -0.4 is 4.90 Å². The Labute approximate surface area is 218 Å².